The number of hydrogen-bond donors (Lipinski definition) is 2. The predicted molar refractivity (Wildman–Crippen MR) is 73.3 cm³/mol. The zero-order chi connectivity index (χ0) is 14.8. The molecule has 1 amide bonds. The van der Waals surface area contributed by atoms with Gasteiger partial charge in [0.05, 0.1) is 0 Å². The minimum Gasteiger partial charge on any atom is -0.481 e. The molecule has 2 N–H and O–H groups in total. The SMILES string of the molecule is CC1CCCC(C)N1NC(=O)C(C(=O)O)C(C)(C)C. The molecule has 3 unspecified atom stereocenters. The number of piperidine rings is 1. The Hall–Kier alpha value is -1.10. The van der Waals surface area contributed by atoms with Crippen LogP contribution < -0.4 is 5.43 Å². The van der Waals surface area contributed by atoms with E-state index in [0.29, 0.717) is 0 Å². The van der Waals surface area contributed by atoms with Crippen molar-refractivity contribution in [3.63, 3.8) is 0 Å². The fourth-order valence-electron chi connectivity index (χ4n) is 2.71. The molecule has 5 heteroatoms. The largest absolute Gasteiger partial charge is 0.481 e. The van der Waals surface area contributed by atoms with Gasteiger partial charge in [0.1, 0.15) is 5.92 Å². The fraction of sp³-hybridized carbons (Fsp3) is 0.857. The average molecular weight is 270 g/mol. The van der Waals surface area contributed by atoms with Crippen LogP contribution in [-0.2, 0) is 9.59 Å². The molecule has 5 nitrogen and oxygen atoms in total. The van der Waals surface area contributed by atoms with Crippen molar-refractivity contribution in [2.24, 2.45) is 11.3 Å². The van der Waals surface area contributed by atoms with Gasteiger partial charge in [-0.15, -0.1) is 0 Å². The van der Waals surface area contributed by atoms with Crippen LogP contribution in [0.1, 0.15) is 53.9 Å². The van der Waals surface area contributed by atoms with Gasteiger partial charge in [-0.1, -0.05) is 27.2 Å². The number of carbonyl (C=O) groups excluding carboxylic acids is 1. The van der Waals surface area contributed by atoms with E-state index in [2.05, 4.69) is 19.3 Å². The average Bonchev–Trinajstić information content (AvgIpc) is 2.21. The summed E-state index contributed by atoms with van der Waals surface area (Å²) in [5, 5.41) is 11.2. The maximum absolute atomic E-state index is 12.3. The van der Waals surface area contributed by atoms with Crippen LogP contribution in [0.5, 0.6) is 0 Å². The Balaban J connectivity index is 2.79. The van der Waals surface area contributed by atoms with Gasteiger partial charge < -0.3 is 5.11 Å². The Kier molecular flexibility index (Phi) is 4.96. The van der Waals surface area contributed by atoms with Gasteiger partial charge in [0.2, 0.25) is 5.91 Å². The number of carbonyl (C=O) groups is 2. The van der Waals surface area contributed by atoms with Gasteiger partial charge in [-0.25, -0.2) is 5.01 Å². The van der Waals surface area contributed by atoms with E-state index in [9.17, 15) is 14.7 Å². The molecule has 0 aromatic heterocycles. The summed E-state index contributed by atoms with van der Waals surface area (Å²) in [7, 11) is 0. The number of nitrogens with one attached hydrogen (secondary N) is 1. The molecule has 110 valence electrons. The highest BCUT2D eigenvalue weighted by Crippen LogP contribution is 2.27. The Labute approximate surface area is 115 Å². The minimum atomic E-state index is -1.07. The summed E-state index contributed by atoms with van der Waals surface area (Å²) >= 11 is 0. The first-order valence-electron chi connectivity index (χ1n) is 6.96. The molecule has 1 aliphatic heterocycles. The first kappa shape index (κ1) is 16.0. The smallest absolute Gasteiger partial charge is 0.316 e. The lowest BCUT2D eigenvalue weighted by atomic mass is 9.80. The van der Waals surface area contributed by atoms with Crippen LogP contribution in [0.4, 0.5) is 0 Å². The van der Waals surface area contributed by atoms with E-state index in [4.69, 9.17) is 0 Å². The number of rotatable bonds is 3. The molecule has 19 heavy (non-hydrogen) atoms. The second-order valence-electron chi connectivity index (χ2n) is 6.65. The van der Waals surface area contributed by atoms with Crippen LogP contribution in [-0.4, -0.2) is 34.1 Å². The summed E-state index contributed by atoms with van der Waals surface area (Å²) in [5.74, 6) is -2.52. The molecule has 1 saturated heterocycles. The number of aliphatic carboxylic acids is 1. The zero-order valence-corrected chi connectivity index (χ0v) is 12.6. The van der Waals surface area contributed by atoms with E-state index in [1.807, 2.05) is 5.01 Å². The standard InChI is InChI=1S/C14H26N2O3/c1-9-7-6-8-10(2)16(9)15-12(17)11(13(18)19)14(3,4)5/h9-11H,6-8H2,1-5H3,(H,15,17)(H,18,19). The molecule has 0 aliphatic carbocycles. The zero-order valence-electron chi connectivity index (χ0n) is 12.6. The summed E-state index contributed by atoms with van der Waals surface area (Å²) in [6.07, 6.45) is 3.20. The fourth-order valence-corrected chi connectivity index (χ4v) is 2.71. The summed E-state index contributed by atoms with van der Waals surface area (Å²) in [6.45, 7) is 9.43. The highest BCUT2D eigenvalue weighted by molar-refractivity contribution is 5.97. The molecule has 0 aromatic carbocycles. The van der Waals surface area contributed by atoms with Gasteiger partial charge in [-0.05, 0) is 32.1 Å². The van der Waals surface area contributed by atoms with Crippen molar-refractivity contribution >= 4 is 11.9 Å². The molecule has 1 heterocycles. The van der Waals surface area contributed by atoms with Crippen LogP contribution in [0.15, 0.2) is 0 Å². The third-order valence-electron chi connectivity index (χ3n) is 3.81. The Bertz CT molecular complexity index is 339. The molecule has 0 bridgehead atoms. The Morgan fingerprint density at radius 3 is 2.05 bits per heavy atom. The van der Waals surface area contributed by atoms with Crippen molar-refractivity contribution in [1.82, 2.24) is 10.4 Å². The van der Waals surface area contributed by atoms with Crippen molar-refractivity contribution in [2.45, 2.75) is 66.0 Å². The molecule has 1 aliphatic rings. The van der Waals surface area contributed by atoms with E-state index in [0.717, 1.165) is 19.3 Å². The van der Waals surface area contributed by atoms with Crippen molar-refractivity contribution < 1.29 is 14.7 Å². The van der Waals surface area contributed by atoms with Crippen LogP contribution in [0.3, 0.4) is 0 Å². The monoisotopic (exact) mass is 270 g/mol. The molecular weight excluding hydrogens is 244 g/mol. The van der Waals surface area contributed by atoms with E-state index in [1.54, 1.807) is 20.8 Å². The molecule has 1 rings (SSSR count). The first-order valence-corrected chi connectivity index (χ1v) is 6.96. The molecule has 0 spiro atoms. The van der Waals surface area contributed by atoms with E-state index in [-0.39, 0.29) is 12.1 Å². The van der Waals surface area contributed by atoms with Gasteiger partial charge in [0, 0.05) is 12.1 Å². The van der Waals surface area contributed by atoms with Gasteiger partial charge in [0.25, 0.3) is 0 Å². The van der Waals surface area contributed by atoms with E-state index in [1.165, 1.54) is 0 Å². The summed E-state index contributed by atoms with van der Waals surface area (Å²) in [4.78, 5) is 23.6. The number of nitrogens with zero attached hydrogens (tertiary/aromatic N) is 1. The Morgan fingerprint density at radius 1 is 1.21 bits per heavy atom. The molecule has 0 saturated carbocycles. The van der Waals surface area contributed by atoms with Crippen molar-refractivity contribution in [3.8, 4) is 0 Å². The third-order valence-corrected chi connectivity index (χ3v) is 3.81. The quantitative estimate of drug-likeness (QED) is 0.770. The maximum atomic E-state index is 12.3. The van der Waals surface area contributed by atoms with E-state index >= 15 is 0 Å². The maximum Gasteiger partial charge on any atom is 0.316 e. The van der Waals surface area contributed by atoms with Crippen molar-refractivity contribution in [3.05, 3.63) is 0 Å². The second kappa shape index (κ2) is 5.90. The summed E-state index contributed by atoms with van der Waals surface area (Å²) in [5.41, 5.74) is 2.22. The first-order chi connectivity index (χ1) is 8.64. The van der Waals surface area contributed by atoms with Crippen molar-refractivity contribution in [2.75, 3.05) is 0 Å². The molecule has 0 radical (unpaired) electrons. The highest BCUT2D eigenvalue weighted by Gasteiger charge is 2.39. The van der Waals surface area contributed by atoms with Crippen molar-refractivity contribution in [1.29, 1.82) is 0 Å². The predicted octanol–water partition coefficient (Wildman–Crippen LogP) is 2.03. The molecular formula is C14H26N2O3. The Morgan fingerprint density at radius 2 is 1.68 bits per heavy atom. The van der Waals surface area contributed by atoms with Gasteiger partial charge in [-0.2, -0.15) is 0 Å². The van der Waals surface area contributed by atoms with Crippen LogP contribution in [0, 0.1) is 11.3 Å². The molecule has 3 atom stereocenters. The van der Waals surface area contributed by atoms with Gasteiger partial charge in [-0.3, -0.25) is 15.0 Å². The minimum absolute atomic E-state index is 0.252. The van der Waals surface area contributed by atoms with Crippen LogP contribution in [0.2, 0.25) is 0 Å². The molecule has 1 fully saturated rings. The topological polar surface area (TPSA) is 69.6 Å². The number of carboxylic acid groups (broad SMARTS) is 1. The summed E-state index contributed by atoms with van der Waals surface area (Å²) < 4.78 is 0. The third kappa shape index (κ3) is 3.93. The van der Waals surface area contributed by atoms with Gasteiger partial charge in [0.15, 0.2) is 0 Å². The van der Waals surface area contributed by atoms with E-state index < -0.39 is 23.2 Å². The lowest BCUT2D eigenvalue weighted by molar-refractivity contribution is -0.154. The van der Waals surface area contributed by atoms with Gasteiger partial charge >= 0.3 is 5.97 Å². The normalized spacial score (nSPS) is 26.8. The lowest BCUT2D eigenvalue weighted by Crippen LogP contribution is -2.57. The number of hydrazine groups is 1. The second-order valence-corrected chi connectivity index (χ2v) is 6.65. The molecule has 0 aromatic rings. The summed E-state index contributed by atoms with van der Waals surface area (Å²) in [6, 6.07) is 0.504. The lowest BCUT2D eigenvalue weighted by Gasteiger charge is -2.40. The van der Waals surface area contributed by atoms with Crippen LogP contribution >= 0.6 is 0 Å². The number of carboxylic acids is 1. The number of hydrogen-bond acceptors (Lipinski definition) is 3. The highest BCUT2D eigenvalue weighted by atomic mass is 16.4. The van der Waals surface area contributed by atoms with Crippen LogP contribution in [0.25, 0.3) is 0 Å². The number of amides is 1.